The minimum Gasteiger partial charge on any atom is -0.408 e. The van der Waals surface area contributed by atoms with E-state index in [0.29, 0.717) is 22.4 Å². The predicted octanol–water partition coefficient (Wildman–Crippen LogP) is 1.93. The minimum absolute atomic E-state index is 0.0739. The van der Waals surface area contributed by atoms with Crippen LogP contribution in [0.2, 0.25) is 0 Å². The third-order valence-electron chi connectivity index (χ3n) is 3.89. The summed E-state index contributed by atoms with van der Waals surface area (Å²) in [6.45, 7) is 1.67. The van der Waals surface area contributed by atoms with Crippen LogP contribution in [0.5, 0.6) is 0 Å². The number of rotatable bonds is 4. The summed E-state index contributed by atoms with van der Waals surface area (Å²) < 4.78 is 30.8. The first kappa shape index (κ1) is 17.9. The largest absolute Gasteiger partial charge is 0.417 e. The summed E-state index contributed by atoms with van der Waals surface area (Å²) in [6, 6.07) is 9.18. The van der Waals surface area contributed by atoms with Crippen molar-refractivity contribution < 1.29 is 17.6 Å². The quantitative estimate of drug-likeness (QED) is 0.723. The third kappa shape index (κ3) is 3.26. The van der Waals surface area contributed by atoms with Crippen molar-refractivity contribution in [2.45, 2.75) is 11.8 Å². The summed E-state index contributed by atoms with van der Waals surface area (Å²) in [4.78, 5) is 26.3. The summed E-state index contributed by atoms with van der Waals surface area (Å²) in [5.74, 6) is -1.05. The van der Waals surface area contributed by atoms with E-state index in [1.54, 1.807) is 37.3 Å². The van der Waals surface area contributed by atoms with Crippen molar-refractivity contribution in [2.75, 3.05) is 19.4 Å². The predicted molar refractivity (Wildman–Crippen MR) is 96.8 cm³/mol. The molecule has 0 aliphatic heterocycles. The van der Waals surface area contributed by atoms with Gasteiger partial charge in [0.15, 0.2) is 5.58 Å². The molecule has 1 amide bonds. The zero-order chi connectivity index (χ0) is 19.1. The first-order valence-electron chi connectivity index (χ1n) is 7.66. The molecule has 0 atom stereocenters. The summed E-state index contributed by atoms with van der Waals surface area (Å²) in [5, 5.41) is 2.68. The smallest absolute Gasteiger partial charge is 0.408 e. The number of oxazole rings is 1. The molecule has 0 aliphatic carbocycles. The van der Waals surface area contributed by atoms with Crippen LogP contribution in [0.1, 0.15) is 15.9 Å². The number of carbonyl (C=O) groups is 1. The van der Waals surface area contributed by atoms with Crippen molar-refractivity contribution in [3.05, 3.63) is 58.1 Å². The van der Waals surface area contributed by atoms with Gasteiger partial charge in [-0.05, 0) is 42.8 Å². The molecule has 0 fully saturated rings. The van der Waals surface area contributed by atoms with Gasteiger partial charge in [-0.2, -0.15) is 0 Å². The SMILES string of the molecule is Cc1ccc(C(=O)Nc2ccc3oc(=O)[nH]c3c2)cc1S(=O)(=O)N(C)C. The molecule has 136 valence electrons. The number of nitrogens with one attached hydrogen (secondary N) is 2. The first-order chi connectivity index (χ1) is 12.2. The average molecular weight is 375 g/mol. The fourth-order valence-corrected chi connectivity index (χ4v) is 3.59. The molecule has 2 N–H and O–H groups in total. The highest BCUT2D eigenvalue weighted by Crippen LogP contribution is 2.21. The Balaban J connectivity index is 1.93. The molecule has 3 rings (SSSR count). The molecule has 8 nitrogen and oxygen atoms in total. The number of aromatic nitrogens is 1. The van der Waals surface area contributed by atoms with E-state index in [1.165, 1.54) is 20.2 Å². The molecule has 26 heavy (non-hydrogen) atoms. The second kappa shape index (κ2) is 6.43. The van der Waals surface area contributed by atoms with E-state index in [9.17, 15) is 18.0 Å². The highest BCUT2D eigenvalue weighted by molar-refractivity contribution is 7.89. The van der Waals surface area contributed by atoms with E-state index in [4.69, 9.17) is 4.42 Å². The van der Waals surface area contributed by atoms with Crippen LogP contribution in [0.4, 0.5) is 5.69 Å². The molecule has 3 aromatic rings. The zero-order valence-electron chi connectivity index (χ0n) is 14.4. The van der Waals surface area contributed by atoms with Crippen LogP contribution in [0.15, 0.2) is 50.5 Å². The monoisotopic (exact) mass is 375 g/mol. The maximum absolute atomic E-state index is 12.5. The van der Waals surface area contributed by atoms with Gasteiger partial charge in [-0.1, -0.05) is 6.07 Å². The van der Waals surface area contributed by atoms with Gasteiger partial charge in [0.25, 0.3) is 5.91 Å². The summed E-state index contributed by atoms with van der Waals surface area (Å²) in [5.41, 5.74) is 2.02. The Hall–Kier alpha value is -2.91. The Kier molecular flexibility index (Phi) is 4.43. The van der Waals surface area contributed by atoms with Crippen LogP contribution in [0.25, 0.3) is 11.1 Å². The van der Waals surface area contributed by atoms with Crippen molar-refractivity contribution in [1.29, 1.82) is 0 Å². The number of amides is 1. The Labute approximate surface area is 149 Å². The van der Waals surface area contributed by atoms with Crippen LogP contribution in [0.3, 0.4) is 0 Å². The molecule has 1 aromatic heterocycles. The van der Waals surface area contributed by atoms with E-state index in [2.05, 4.69) is 10.3 Å². The molecular formula is C17H17N3O5S. The lowest BCUT2D eigenvalue weighted by Crippen LogP contribution is -2.23. The molecule has 0 unspecified atom stereocenters. The normalized spacial score (nSPS) is 11.8. The summed E-state index contributed by atoms with van der Waals surface area (Å²) in [7, 11) is -0.795. The maximum Gasteiger partial charge on any atom is 0.417 e. The Bertz CT molecular complexity index is 1160. The second-order valence-electron chi connectivity index (χ2n) is 5.95. The molecule has 0 spiro atoms. The lowest BCUT2D eigenvalue weighted by molar-refractivity contribution is 0.102. The van der Waals surface area contributed by atoms with E-state index in [0.717, 1.165) is 4.31 Å². The molecule has 0 bridgehead atoms. The van der Waals surface area contributed by atoms with Crippen LogP contribution in [0, 0.1) is 6.92 Å². The molecule has 1 heterocycles. The highest BCUT2D eigenvalue weighted by Gasteiger charge is 2.21. The number of nitrogens with zero attached hydrogens (tertiary/aromatic N) is 1. The number of fused-ring (bicyclic) bond motifs is 1. The average Bonchev–Trinajstić information content (AvgIpc) is 2.94. The molecular weight excluding hydrogens is 358 g/mol. The maximum atomic E-state index is 12.5. The lowest BCUT2D eigenvalue weighted by atomic mass is 10.1. The summed E-state index contributed by atoms with van der Waals surface area (Å²) in [6.07, 6.45) is 0. The summed E-state index contributed by atoms with van der Waals surface area (Å²) >= 11 is 0. The molecule has 0 saturated heterocycles. The standard InChI is InChI=1S/C17H17N3O5S/c1-10-4-5-11(8-15(10)26(23,24)20(2)3)16(21)18-12-6-7-14-13(9-12)19-17(22)25-14/h4-9H,1-3H3,(H,18,21)(H,19,22). The van der Waals surface area contributed by atoms with E-state index in [-0.39, 0.29) is 10.5 Å². The number of carbonyl (C=O) groups excluding carboxylic acids is 1. The van der Waals surface area contributed by atoms with Crippen molar-refractivity contribution >= 4 is 32.7 Å². The number of sulfonamides is 1. The van der Waals surface area contributed by atoms with Crippen molar-refractivity contribution in [3.8, 4) is 0 Å². The molecule has 0 saturated carbocycles. The Morgan fingerprint density at radius 3 is 2.58 bits per heavy atom. The van der Waals surface area contributed by atoms with Gasteiger partial charge in [-0.3, -0.25) is 9.78 Å². The minimum atomic E-state index is -3.66. The third-order valence-corrected chi connectivity index (χ3v) is 5.84. The number of hydrogen-bond acceptors (Lipinski definition) is 5. The second-order valence-corrected chi connectivity index (χ2v) is 8.07. The molecule has 0 radical (unpaired) electrons. The van der Waals surface area contributed by atoms with E-state index in [1.807, 2.05) is 0 Å². The van der Waals surface area contributed by atoms with Crippen LogP contribution >= 0.6 is 0 Å². The number of hydrogen-bond donors (Lipinski definition) is 2. The van der Waals surface area contributed by atoms with Gasteiger partial charge in [0.2, 0.25) is 10.0 Å². The first-order valence-corrected chi connectivity index (χ1v) is 9.10. The van der Waals surface area contributed by atoms with Crippen molar-refractivity contribution in [3.63, 3.8) is 0 Å². The van der Waals surface area contributed by atoms with Gasteiger partial charge in [0.05, 0.1) is 10.4 Å². The van der Waals surface area contributed by atoms with Crippen LogP contribution in [-0.2, 0) is 10.0 Å². The van der Waals surface area contributed by atoms with Gasteiger partial charge in [-0.15, -0.1) is 0 Å². The lowest BCUT2D eigenvalue weighted by Gasteiger charge is -2.14. The van der Waals surface area contributed by atoms with Gasteiger partial charge < -0.3 is 9.73 Å². The zero-order valence-corrected chi connectivity index (χ0v) is 15.2. The molecule has 0 aliphatic rings. The van der Waals surface area contributed by atoms with Gasteiger partial charge >= 0.3 is 5.76 Å². The number of benzene rings is 2. The fraction of sp³-hybridized carbons (Fsp3) is 0.176. The number of anilines is 1. The van der Waals surface area contributed by atoms with Crippen molar-refractivity contribution in [1.82, 2.24) is 9.29 Å². The molecule has 9 heteroatoms. The van der Waals surface area contributed by atoms with E-state index < -0.39 is 21.7 Å². The highest BCUT2D eigenvalue weighted by atomic mass is 32.2. The fourth-order valence-electron chi connectivity index (χ4n) is 2.45. The number of aromatic amines is 1. The van der Waals surface area contributed by atoms with Gasteiger partial charge in [-0.25, -0.2) is 17.5 Å². The number of aryl methyl sites for hydroxylation is 1. The Morgan fingerprint density at radius 1 is 1.15 bits per heavy atom. The van der Waals surface area contributed by atoms with E-state index >= 15 is 0 Å². The van der Waals surface area contributed by atoms with Gasteiger partial charge in [0, 0.05) is 25.3 Å². The van der Waals surface area contributed by atoms with Crippen LogP contribution < -0.4 is 11.1 Å². The molecule has 2 aromatic carbocycles. The number of H-pyrrole nitrogens is 1. The topological polar surface area (TPSA) is 112 Å². The van der Waals surface area contributed by atoms with Crippen molar-refractivity contribution in [2.24, 2.45) is 0 Å². The van der Waals surface area contributed by atoms with Gasteiger partial charge in [0.1, 0.15) is 0 Å². The Morgan fingerprint density at radius 2 is 1.88 bits per heavy atom. The van der Waals surface area contributed by atoms with Crippen LogP contribution in [-0.4, -0.2) is 37.7 Å².